The van der Waals surface area contributed by atoms with Crippen molar-refractivity contribution in [1.29, 1.82) is 0 Å². The zero-order valence-electron chi connectivity index (χ0n) is 14.3. The Hall–Kier alpha value is -1.000. The molecule has 2 saturated heterocycles. The predicted octanol–water partition coefficient (Wildman–Crippen LogP) is 5.98. The predicted molar refractivity (Wildman–Crippen MR) is 120 cm³/mol. The average Bonchev–Trinajstić information content (AvgIpc) is 3.27. The van der Waals surface area contributed by atoms with Crippen molar-refractivity contribution in [3.63, 3.8) is 0 Å². The summed E-state index contributed by atoms with van der Waals surface area (Å²) < 4.78 is 25.9. The first-order chi connectivity index (χ1) is 13.2. The van der Waals surface area contributed by atoms with Crippen molar-refractivity contribution in [2.75, 3.05) is 11.5 Å². The van der Waals surface area contributed by atoms with Crippen molar-refractivity contribution >= 4 is 74.1 Å². The van der Waals surface area contributed by atoms with Gasteiger partial charge in [0.05, 0.1) is 21.7 Å². The highest BCUT2D eigenvalue weighted by Crippen LogP contribution is 2.49. The molecule has 2 N–H and O–H groups in total. The third kappa shape index (κ3) is 4.00. The summed E-state index contributed by atoms with van der Waals surface area (Å²) in [4.78, 5) is 14.7. The van der Waals surface area contributed by atoms with E-state index in [1.807, 2.05) is 0 Å². The van der Waals surface area contributed by atoms with E-state index in [2.05, 4.69) is 0 Å². The SMILES string of the molecule is O=C1C(=Cc2ccc(-c3ccc(Cl)cc3Cl)o2)SC(=S)N1C1CCS(O)(O)C1. The summed E-state index contributed by atoms with van der Waals surface area (Å²) in [6.45, 7) is 0. The summed E-state index contributed by atoms with van der Waals surface area (Å²) >= 11 is 18.7. The molecule has 1 atom stereocenters. The first-order valence-corrected chi connectivity index (χ1v) is 12.2. The second kappa shape index (κ2) is 7.68. The lowest BCUT2D eigenvalue weighted by atomic mass is 10.2. The van der Waals surface area contributed by atoms with E-state index >= 15 is 0 Å². The molecule has 5 nitrogen and oxygen atoms in total. The number of amides is 1. The molecule has 1 aromatic carbocycles. The molecular formula is C18H15Cl2NO4S3. The molecule has 1 amide bonds. The Labute approximate surface area is 183 Å². The van der Waals surface area contributed by atoms with Crippen LogP contribution in [0.2, 0.25) is 10.0 Å². The number of nitrogens with zero attached hydrogens (tertiary/aromatic N) is 1. The highest BCUT2D eigenvalue weighted by atomic mass is 35.5. The maximum atomic E-state index is 12.8. The Bertz CT molecular complexity index is 1000. The van der Waals surface area contributed by atoms with Crippen molar-refractivity contribution in [3.8, 4) is 11.3 Å². The van der Waals surface area contributed by atoms with Crippen LogP contribution in [-0.2, 0) is 4.79 Å². The normalized spacial score (nSPS) is 24.4. The van der Waals surface area contributed by atoms with Gasteiger partial charge in [0, 0.05) is 22.4 Å². The summed E-state index contributed by atoms with van der Waals surface area (Å²) in [7, 11) is -2.61. The molecule has 1 unspecified atom stereocenters. The first-order valence-electron chi connectivity index (χ1n) is 8.29. The summed E-state index contributed by atoms with van der Waals surface area (Å²) in [5.41, 5.74) is 0.703. The summed E-state index contributed by atoms with van der Waals surface area (Å²) in [5, 5.41) is 1.01. The molecule has 2 aromatic rings. The van der Waals surface area contributed by atoms with E-state index in [9.17, 15) is 13.9 Å². The van der Waals surface area contributed by atoms with Gasteiger partial charge in [0.25, 0.3) is 5.91 Å². The third-order valence-electron chi connectivity index (χ3n) is 4.52. The van der Waals surface area contributed by atoms with Crippen molar-refractivity contribution in [2.45, 2.75) is 12.5 Å². The maximum absolute atomic E-state index is 12.8. The van der Waals surface area contributed by atoms with Crippen LogP contribution in [0.4, 0.5) is 0 Å². The number of carbonyl (C=O) groups is 1. The van der Waals surface area contributed by atoms with Crippen LogP contribution < -0.4 is 0 Å². The van der Waals surface area contributed by atoms with Crippen molar-refractivity contribution in [2.24, 2.45) is 0 Å². The van der Waals surface area contributed by atoms with Gasteiger partial charge in [0.15, 0.2) is 0 Å². The van der Waals surface area contributed by atoms with E-state index in [0.717, 1.165) is 0 Å². The van der Waals surface area contributed by atoms with Crippen LogP contribution in [-0.4, -0.2) is 41.8 Å². The highest BCUT2D eigenvalue weighted by Gasteiger charge is 2.42. The Kier molecular flexibility index (Phi) is 5.56. The monoisotopic (exact) mass is 475 g/mol. The largest absolute Gasteiger partial charge is 0.457 e. The van der Waals surface area contributed by atoms with Gasteiger partial charge in [0.2, 0.25) is 0 Å². The minimum absolute atomic E-state index is 0.173. The van der Waals surface area contributed by atoms with Crippen molar-refractivity contribution < 1.29 is 18.3 Å². The third-order valence-corrected chi connectivity index (χ3v) is 8.21. The number of thiocarbonyl (C=S) groups is 1. The molecule has 0 spiro atoms. The van der Waals surface area contributed by atoms with Gasteiger partial charge in [-0.1, -0.05) is 47.2 Å². The zero-order chi connectivity index (χ0) is 20.1. The van der Waals surface area contributed by atoms with Crippen LogP contribution >= 0.6 is 57.8 Å². The van der Waals surface area contributed by atoms with Gasteiger partial charge in [-0.15, -0.1) is 0 Å². The molecule has 3 heterocycles. The molecule has 2 aliphatic rings. The number of thioether (sulfide) groups is 1. The Balaban J connectivity index is 1.56. The van der Waals surface area contributed by atoms with E-state index in [-0.39, 0.29) is 17.7 Å². The lowest BCUT2D eigenvalue weighted by Gasteiger charge is -2.28. The highest BCUT2D eigenvalue weighted by molar-refractivity contribution is 8.27. The topological polar surface area (TPSA) is 73.9 Å². The fourth-order valence-corrected chi connectivity index (χ4v) is 6.82. The van der Waals surface area contributed by atoms with E-state index < -0.39 is 10.6 Å². The number of hydrogen-bond acceptors (Lipinski definition) is 6. The lowest BCUT2D eigenvalue weighted by molar-refractivity contribution is -0.123. The van der Waals surface area contributed by atoms with Crippen LogP contribution in [0.15, 0.2) is 39.7 Å². The first kappa shape index (κ1) is 20.3. The minimum Gasteiger partial charge on any atom is -0.457 e. The van der Waals surface area contributed by atoms with Gasteiger partial charge < -0.3 is 4.42 Å². The van der Waals surface area contributed by atoms with Gasteiger partial charge in [-0.3, -0.25) is 18.8 Å². The number of hydrogen-bond donors (Lipinski definition) is 2. The van der Waals surface area contributed by atoms with E-state index in [1.165, 1.54) is 16.7 Å². The molecule has 0 bridgehead atoms. The molecule has 10 heteroatoms. The summed E-state index contributed by atoms with van der Waals surface area (Å²) in [5.74, 6) is 1.30. The molecule has 148 valence electrons. The van der Waals surface area contributed by atoms with Crippen LogP contribution in [0.25, 0.3) is 17.4 Å². The van der Waals surface area contributed by atoms with Crippen LogP contribution in [0, 0.1) is 0 Å². The number of furan rings is 1. The standard InChI is InChI=1S/C18H15Cl2NO4S3/c19-10-1-3-13(14(20)7-10)15-4-2-12(25-15)8-16-17(22)21(18(26)27-16)11-5-6-28(23,24)9-11/h1-4,7-8,11,23-24H,5-6,9H2. The number of benzene rings is 1. The summed E-state index contributed by atoms with van der Waals surface area (Å²) in [6.07, 6.45) is 2.17. The van der Waals surface area contributed by atoms with Gasteiger partial charge in [-0.2, -0.15) is 10.6 Å². The molecule has 0 saturated carbocycles. The maximum Gasteiger partial charge on any atom is 0.266 e. The molecule has 0 radical (unpaired) electrons. The molecule has 28 heavy (non-hydrogen) atoms. The number of halogens is 2. The fourth-order valence-electron chi connectivity index (χ4n) is 3.19. The van der Waals surface area contributed by atoms with Gasteiger partial charge >= 0.3 is 0 Å². The fraction of sp³-hybridized carbons (Fsp3) is 0.222. The molecule has 2 aliphatic heterocycles. The quantitative estimate of drug-likeness (QED) is 0.420. The minimum atomic E-state index is -2.61. The Morgan fingerprint density at radius 3 is 2.75 bits per heavy atom. The molecule has 4 rings (SSSR count). The molecular weight excluding hydrogens is 461 g/mol. The molecule has 0 aliphatic carbocycles. The Morgan fingerprint density at radius 2 is 2.07 bits per heavy atom. The van der Waals surface area contributed by atoms with Crippen LogP contribution in [0.5, 0.6) is 0 Å². The summed E-state index contributed by atoms with van der Waals surface area (Å²) in [6, 6.07) is 8.38. The van der Waals surface area contributed by atoms with Gasteiger partial charge in [0.1, 0.15) is 15.8 Å². The van der Waals surface area contributed by atoms with Crippen LogP contribution in [0.1, 0.15) is 12.2 Å². The van der Waals surface area contributed by atoms with Gasteiger partial charge in [-0.25, -0.2) is 0 Å². The molecule has 1 aromatic heterocycles. The average molecular weight is 476 g/mol. The van der Waals surface area contributed by atoms with Crippen molar-refractivity contribution in [1.82, 2.24) is 4.90 Å². The molecule has 2 fully saturated rings. The van der Waals surface area contributed by atoms with E-state index in [1.54, 1.807) is 36.4 Å². The number of rotatable bonds is 3. The Morgan fingerprint density at radius 1 is 1.29 bits per heavy atom. The zero-order valence-corrected chi connectivity index (χ0v) is 18.3. The number of carbonyl (C=O) groups excluding carboxylic acids is 1. The lowest BCUT2D eigenvalue weighted by Crippen LogP contribution is -2.39. The van der Waals surface area contributed by atoms with Crippen molar-refractivity contribution in [3.05, 3.63) is 51.0 Å². The second-order valence-electron chi connectivity index (χ2n) is 6.49. The van der Waals surface area contributed by atoms with Gasteiger partial charge in [-0.05, 0) is 36.8 Å². The second-order valence-corrected chi connectivity index (χ2v) is 11.4. The van der Waals surface area contributed by atoms with E-state index in [0.29, 0.717) is 48.5 Å². The van der Waals surface area contributed by atoms with E-state index in [4.69, 9.17) is 39.8 Å². The van der Waals surface area contributed by atoms with Crippen LogP contribution in [0.3, 0.4) is 0 Å². The smallest absolute Gasteiger partial charge is 0.266 e.